The fourth-order valence-electron chi connectivity index (χ4n) is 2.72. The molecule has 3 rings (SSSR count). The molecular weight excluding hydrogens is 294 g/mol. The molecule has 1 aliphatic heterocycles. The van der Waals surface area contributed by atoms with E-state index in [9.17, 15) is 4.79 Å². The molecule has 2 N–H and O–H groups in total. The molecule has 1 atom stereocenters. The highest BCUT2D eigenvalue weighted by Gasteiger charge is 2.39. The van der Waals surface area contributed by atoms with E-state index in [0.717, 1.165) is 36.0 Å². The normalized spacial score (nSPS) is 22.3. The van der Waals surface area contributed by atoms with E-state index < -0.39 is 5.54 Å². The van der Waals surface area contributed by atoms with Gasteiger partial charge in [0.1, 0.15) is 5.52 Å². The Bertz CT molecular complexity index is 649. The van der Waals surface area contributed by atoms with Crippen LogP contribution in [0.25, 0.3) is 10.2 Å². The second-order valence-electron chi connectivity index (χ2n) is 5.04. The third-order valence-electron chi connectivity index (χ3n) is 3.97. The first-order valence-corrected chi connectivity index (χ1v) is 8.00. The zero-order valence-corrected chi connectivity index (χ0v) is 12.8. The van der Waals surface area contributed by atoms with Gasteiger partial charge in [0.15, 0.2) is 0 Å². The SMILES string of the molecule is CCC1(C(=O)Nc2c(Cl)ccc3scnc23)CCCN1. The van der Waals surface area contributed by atoms with Gasteiger partial charge in [0.25, 0.3) is 0 Å². The Morgan fingerprint density at radius 2 is 2.45 bits per heavy atom. The quantitative estimate of drug-likeness (QED) is 0.913. The van der Waals surface area contributed by atoms with Crippen molar-refractivity contribution in [3.8, 4) is 0 Å². The number of nitrogens with one attached hydrogen (secondary N) is 2. The Kier molecular flexibility index (Phi) is 3.67. The molecule has 20 heavy (non-hydrogen) atoms. The van der Waals surface area contributed by atoms with Gasteiger partial charge < -0.3 is 10.6 Å². The number of nitrogens with zero attached hydrogens (tertiary/aromatic N) is 1. The molecule has 1 unspecified atom stereocenters. The highest BCUT2D eigenvalue weighted by atomic mass is 35.5. The summed E-state index contributed by atoms with van der Waals surface area (Å²) in [5.74, 6) is -0.0140. The van der Waals surface area contributed by atoms with Crippen molar-refractivity contribution in [1.82, 2.24) is 10.3 Å². The summed E-state index contributed by atoms with van der Waals surface area (Å²) >= 11 is 7.77. The molecule has 2 heterocycles. The summed E-state index contributed by atoms with van der Waals surface area (Å²) in [5, 5.41) is 6.84. The number of thiazole rings is 1. The van der Waals surface area contributed by atoms with Crippen molar-refractivity contribution in [3.05, 3.63) is 22.7 Å². The minimum atomic E-state index is -0.471. The number of carbonyl (C=O) groups excluding carboxylic acids is 1. The van der Waals surface area contributed by atoms with Crippen LogP contribution in [0, 0.1) is 0 Å². The smallest absolute Gasteiger partial charge is 0.244 e. The number of hydrogen-bond acceptors (Lipinski definition) is 4. The molecule has 0 bridgehead atoms. The minimum Gasteiger partial charge on any atom is -0.321 e. The zero-order chi connectivity index (χ0) is 14.2. The molecule has 4 nitrogen and oxygen atoms in total. The zero-order valence-electron chi connectivity index (χ0n) is 11.2. The topological polar surface area (TPSA) is 54.0 Å². The first-order valence-electron chi connectivity index (χ1n) is 6.74. The van der Waals surface area contributed by atoms with Crippen molar-refractivity contribution in [2.45, 2.75) is 31.7 Å². The van der Waals surface area contributed by atoms with Gasteiger partial charge in [0, 0.05) is 0 Å². The minimum absolute atomic E-state index is 0.0140. The lowest BCUT2D eigenvalue weighted by Gasteiger charge is -2.27. The molecule has 106 valence electrons. The maximum Gasteiger partial charge on any atom is 0.244 e. The van der Waals surface area contributed by atoms with Crippen LogP contribution in [0.5, 0.6) is 0 Å². The van der Waals surface area contributed by atoms with Crippen molar-refractivity contribution in [3.63, 3.8) is 0 Å². The number of amides is 1. The molecule has 6 heteroatoms. The molecule has 1 aliphatic rings. The average Bonchev–Trinajstić information content (AvgIpc) is 3.10. The van der Waals surface area contributed by atoms with E-state index in [1.165, 1.54) is 11.3 Å². The fourth-order valence-corrected chi connectivity index (χ4v) is 3.61. The summed E-state index contributed by atoms with van der Waals surface area (Å²) < 4.78 is 1.02. The van der Waals surface area contributed by atoms with Crippen LogP contribution < -0.4 is 10.6 Å². The van der Waals surface area contributed by atoms with Gasteiger partial charge in [-0.15, -0.1) is 11.3 Å². The number of aromatic nitrogens is 1. The number of hydrogen-bond donors (Lipinski definition) is 2. The summed E-state index contributed by atoms with van der Waals surface area (Å²) in [5.41, 5.74) is 2.68. The molecular formula is C14H16ClN3OS. The predicted octanol–water partition coefficient (Wildman–Crippen LogP) is 3.42. The average molecular weight is 310 g/mol. The van der Waals surface area contributed by atoms with E-state index >= 15 is 0 Å². The van der Waals surface area contributed by atoms with Crippen LogP contribution in [0.2, 0.25) is 5.02 Å². The lowest BCUT2D eigenvalue weighted by molar-refractivity contribution is -0.122. The number of carbonyl (C=O) groups is 1. The van der Waals surface area contributed by atoms with Crippen LogP contribution >= 0.6 is 22.9 Å². The van der Waals surface area contributed by atoms with Gasteiger partial charge in [0.2, 0.25) is 5.91 Å². The Hall–Kier alpha value is -1.17. The summed E-state index contributed by atoms with van der Waals surface area (Å²) in [4.78, 5) is 16.9. The highest BCUT2D eigenvalue weighted by molar-refractivity contribution is 7.16. The third-order valence-corrected chi connectivity index (χ3v) is 5.08. The number of rotatable bonds is 3. The second-order valence-corrected chi connectivity index (χ2v) is 6.34. The van der Waals surface area contributed by atoms with Gasteiger partial charge in [-0.3, -0.25) is 4.79 Å². The highest BCUT2D eigenvalue weighted by Crippen LogP contribution is 2.34. The summed E-state index contributed by atoms with van der Waals surface area (Å²) in [6.07, 6.45) is 2.65. The molecule has 0 radical (unpaired) electrons. The van der Waals surface area contributed by atoms with Gasteiger partial charge in [0.05, 0.1) is 26.5 Å². The predicted molar refractivity (Wildman–Crippen MR) is 83.5 cm³/mol. The van der Waals surface area contributed by atoms with E-state index in [1.807, 2.05) is 13.0 Å². The molecule has 0 spiro atoms. The molecule has 0 saturated carbocycles. The van der Waals surface area contributed by atoms with Gasteiger partial charge in [-0.2, -0.15) is 0 Å². The number of benzene rings is 1. The standard InChI is InChI=1S/C14H16ClN3OS/c1-2-14(6-3-7-17-14)13(19)18-11-9(15)4-5-10-12(11)16-8-20-10/h4-5,8,17H,2-3,6-7H2,1H3,(H,18,19). The molecule has 2 aromatic rings. The Morgan fingerprint density at radius 3 is 3.15 bits per heavy atom. The van der Waals surface area contributed by atoms with Crippen LogP contribution in [0.1, 0.15) is 26.2 Å². The van der Waals surface area contributed by atoms with E-state index in [4.69, 9.17) is 11.6 Å². The molecule has 1 fully saturated rings. The van der Waals surface area contributed by atoms with Gasteiger partial charge in [-0.1, -0.05) is 18.5 Å². The Morgan fingerprint density at radius 1 is 1.60 bits per heavy atom. The molecule has 1 saturated heterocycles. The molecule has 0 aliphatic carbocycles. The van der Waals surface area contributed by atoms with Crippen molar-refractivity contribution in [2.24, 2.45) is 0 Å². The Balaban J connectivity index is 1.95. The lowest BCUT2D eigenvalue weighted by Crippen LogP contribution is -2.50. The van der Waals surface area contributed by atoms with Crippen molar-refractivity contribution in [1.29, 1.82) is 0 Å². The van der Waals surface area contributed by atoms with Crippen LogP contribution in [-0.2, 0) is 4.79 Å². The number of anilines is 1. The Labute approximate surface area is 126 Å². The first kappa shape index (κ1) is 13.8. The monoisotopic (exact) mass is 309 g/mol. The van der Waals surface area contributed by atoms with Crippen LogP contribution in [-0.4, -0.2) is 23.0 Å². The third kappa shape index (κ3) is 2.20. The van der Waals surface area contributed by atoms with Crippen molar-refractivity contribution >= 4 is 44.7 Å². The molecule has 1 amide bonds. The number of halogens is 1. The van der Waals surface area contributed by atoms with Gasteiger partial charge in [-0.25, -0.2) is 4.98 Å². The summed E-state index contributed by atoms with van der Waals surface area (Å²) in [6.45, 7) is 2.92. The van der Waals surface area contributed by atoms with Gasteiger partial charge in [-0.05, 0) is 37.9 Å². The molecule has 1 aromatic heterocycles. The fraction of sp³-hybridized carbons (Fsp3) is 0.429. The van der Waals surface area contributed by atoms with E-state index in [1.54, 1.807) is 11.6 Å². The maximum atomic E-state index is 12.6. The second kappa shape index (κ2) is 5.31. The molecule has 1 aromatic carbocycles. The van der Waals surface area contributed by atoms with Crippen molar-refractivity contribution in [2.75, 3.05) is 11.9 Å². The van der Waals surface area contributed by atoms with Crippen LogP contribution in [0.4, 0.5) is 5.69 Å². The summed E-state index contributed by atoms with van der Waals surface area (Å²) in [6, 6.07) is 3.73. The van der Waals surface area contributed by atoms with Gasteiger partial charge >= 0.3 is 0 Å². The van der Waals surface area contributed by atoms with E-state index in [-0.39, 0.29) is 5.91 Å². The largest absolute Gasteiger partial charge is 0.321 e. The van der Waals surface area contributed by atoms with E-state index in [0.29, 0.717) is 10.7 Å². The van der Waals surface area contributed by atoms with Crippen LogP contribution in [0.15, 0.2) is 17.6 Å². The summed E-state index contributed by atoms with van der Waals surface area (Å²) in [7, 11) is 0. The van der Waals surface area contributed by atoms with E-state index in [2.05, 4.69) is 15.6 Å². The van der Waals surface area contributed by atoms with Crippen LogP contribution in [0.3, 0.4) is 0 Å². The maximum absolute atomic E-state index is 12.6. The number of fused-ring (bicyclic) bond motifs is 1. The first-order chi connectivity index (χ1) is 9.66. The van der Waals surface area contributed by atoms with Crippen molar-refractivity contribution < 1.29 is 4.79 Å². The lowest BCUT2D eigenvalue weighted by atomic mass is 9.93.